The Morgan fingerprint density at radius 2 is 2.00 bits per heavy atom. The molecule has 0 bridgehead atoms. The van der Waals surface area contributed by atoms with E-state index in [4.69, 9.17) is 0 Å². The molecule has 76 valence electrons. The number of aryl methyl sites for hydroxylation is 1. The van der Waals surface area contributed by atoms with Crippen molar-refractivity contribution in [2.45, 2.75) is 6.92 Å². The molecule has 2 heterocycles. The summed E-state index contributed by atoms with van der Waals surface area (Å²) in [5, 5.41) is 3.13. The molecule has 0 aliphatic rings. The first-order valence-electron chi connectivity index (χ1n) is 4.40. The number of nitrogens with one attached hydrogen (secondary N) is 1. The van der Waals surface area contributed by atoms with Crippen molar-refractivity contribution < 1.29 is 0 Å². The van der Waals surface area contributed by atoms with Crippen molar-refractivity contribution >= 4 is 27.4 Å². The average molecular weight is 265 g/mol. The molecule has 0 aliphatic carbocycles. The molecule has 0 spiro atoms. The Labute approximate surface area is 95.9 Å². The van der Waals surface area contributed by atoms with E-state index in [2.05, 4.69) is 36.2 Å². The van der Waals surface area contributed by atoms with Crippen molar-refractivity contribution in [3.8, 4) is 0 Å². The summed E-state index contributed by atoms with van der Waals surface area (Å²) >= 11 is 3.47. The number of anilines is 2. The zero-order valence-corrected chi connectivity index (χ0v) is 9.69. The third-order valence-electron chi connectivity index (χ3n) is 1.91. The number of hydrogen-bond donors (Lipinski definition) is 1. The molecule has 0 atom stereocenters. The van der Waals surface area contributed by atoms with E-state index >= 15 is 0 Å². The number of halogens is 1. The van der Waals surface area contributed by atoms with Gasteiger partial charge in [0.15, 0.2) is 0 Å². The Hall–Kier alpha value is -1.49. The Morgan fingerprint density at radius 3 is 2.73 bits per heavy atom. The maximum absolute atomic E-state index is 4.22. The number of hydrogen-bond acceptors (Lipinski definition) is 4. The standard InChI is InChI=1S/C10H9BrN4/c1-7-2-3-14-10(9(7)11)15-8-4-12-6-13-5-8/h2-6H,1H3,(H,14,15). The molecule has 0 fully saturated rings. The summed E-state index contributed by atoms with van der Waals surface area (Å²) in [4.78, 5) is 12.1. The Balaban J connectivity index is 2.29. The molecule has 0 radical (unpaired) electrons. The van der Waals surface area contributed by atoms with Gasteiger partial charge in [-0.25, -0.2) is 15.0 Å². The van der Waals surface area contributed by atoms with Gasteiger partial charge in [0.1, 0.15) is 12.1 Å². The number of rotatable bonds is 2. The van der Waals surface area contributed by atoms with Crippen molar-refractivity contribution in [3.63, 3.8) is 0 Å². The van der Waals surface area contributed by atoms with Gasteiger partial charge in [-0.05, 0) is 34.5 Å². The molecular formula is C10H9BrN4. The van der Waals surface area contributed by atoms with Crippen LogP contribution in [0.15, 0.2) is 35.5 Å². The molecule has 1 N–H and O–H groups in total. The maximum atomic E-state index is 4.22. The van der Waals surface area contributed by atoms with E-state index in [1.807, 2.05) is 13.0 Å². The van der Waals surface area contributed by atoms with Gasteiger partial charge >= 0.3 is 0 Å². The van der Waals surface area contributed by atoms with Crippen LogP contribution in [-0.2, 0) is 0 Å². The lowest BCUT2D eigenvalue weighted by molar-refractivity contribution is 1.16. The summed E-state index contributed by atoms with van der Waals surface area (Å²) < 4.78 is 0.953. The summed E-state index contributed by atoms with van der Waals surface area (Å²) in [6.07, 6.45) is 6.64. The van der Waals surface area contributed by atoms with Gasteiger partial charge in [0.25, 0.3) is 0 Å². The lowest BCUT2D eigenvalue weighted by Crippen LogP contribution is -1.96. The highest BCUT2D eigenvalue weighted by molar-refractivity contribution is 9.10. The molecule has 0 saturated carbocycles. The van der Waals surface area contributed by atoms with E-state index in [0.29, 0.717) is 0 Å². The fourth-order valence-electron chi connectivity index (χ4n) is 1.13. The lowest BCUT2D eigenvalue weighted by atomic mass is 10.3. The minimum atomic E-state index is 0.768. The summed E-state index contributed by atoms with van der Waals surface area (Å²) in [7, 11) is 0. The SMILES string of the molecule is Cc1ccnc(Nc2cncnc2)c1Br. The Morgan fingerprint density at radius 1 is 1.27 bits per heavy atom. The molecule has 4 nitrogen and oxygen atoms in total. The first-order valence-corrected chi connectivity index (χ1v) is 5.20. The fraction of sp³-hybridized carbons (Fsp3) is 0.100. The summed E-state index contributed by atoms with van der Waals surface area (Å²) in [5.41, 5.74) is 1.95. The third-order valence-corrected chi connectivity index (χ3v) is 2.91. The van der Waals surface area contributed by atoms with E-state index in [-0.39, 0.29) is 0 Å². The summed E-state index contributed by atoms with van der Waals surface area (Å²) in [5.74, 6) is 0.768. The van der Waals surface area contributed by atoms with E-state index < -0.39 is 0 Å². The predicted molar refractivity (Wildman–Crippen MR) is 62.0 cm³/mol. The molecule has 0 aromatic carbocycles. The number of nitrogens with zero attached hydrogens (tertiary/aromatic N) is 3. The second-order valence-electron chi connectivity index (χ2n) is 3.04. The van der Waals surface area contributed by atoms with E-state index in [1.165, 1.54) is 6.33 Å². The first-order chi connectivity index (χ1) is 7.27. The highest BCUT2D eigenvalue weighted by Crippen LogP contribution is 2.25. The van der Waals surface area contributed by atoms with Crippen molar-refractivity contribution in [1.82, 2.24) is 15.0 Å². The van der Waals surface area contributed by atoms with Crippen molar-refractivity contribution in [2.24, 2.45) is 0 Å². The van der Waals surface area contributed by atoms with Gasteiger partial charge in [0.2, 0.25) is 0 Å². The highest BCUT2D eigenvalue weighted by atomic mass is 79.9. The number of pyridine rings is 1. The minimum absolute atomic E-state index is 0.768. The van der Waals surface area contributed by atoms with Crippen LogP contribution in [-0.4, -0.2) is 15.0 Å². The molecular weight excluding hydrogens is 256 g/mol. The second kappa shape index (κ2) is 4.35. The maximum Gasteiger partial charge on any atom is 0.145 e. The van der Waals surface area contributed by atoms with Crippen LogP contribution in [0.2, 0.25) is 0 Å². The van der Waals surface area contributed by atoms with Crippen LogP contribution in [0.25, 0.3) is 0 Å². The average Bonchev–Trinajstić information content (AvgIpc) is 2.26. The van der Waals surface area contributed by atoms with E-state index in [9.17, 15) is 0 Å². The third kappa shape index (κ3) is 2.30. The largest absolute Gasteiger partial charge is 0.337 e. The van der Waals surface area contributed by atoms with Crippen LogP contribution in [0.5, 0.6) is 0 Å². The van der Waals surface area contributed by atoms with E-state index in [0.717, 1.165) is 21.5 Å². The molecule has 2 aromatic heterocycles. The van der Waals surface area contributed by atoms with Gasteiger partial charge in [0.05, 0.1) is 22.6 Å². The second-order valence-corrected chi connectivity index (χ2v) is 3.84. The minimum Gasteiger partial charge on any atom is -0.337 e. The predicted octanol–water partition coefficient (Wildman–Crippen LogP) is 2.69. The van der Waals surface area contributed by atoms with Crippen LogP contribution in [0.3, 0.4) is 0 Å². The van der Waals surface area contributed by atoms with Crippen molar-refractivity contribution in [2.75, 3.05) is 5.32 Å². The van der Waals surface area contributed by atoms with Gasteiger partial charge in [0, 0.05) is 6.20 Å². The Kier molecular flexibility index (Phi) is 2.91. The lowest BCUT2D eigenvalue weighted by Gasteiger charge is -2.07. The van der Waals surface area contributed by atoms with Gasteiger partial charge < -0.3 is 5.32 Å². The van der Waals surface area contributed by atoms with E-state index in [1.54, 1.807) is 18.6 Å². The first kappa shape index (κ1) is 10.0. The van der Waals surface area contributed by atoms with Gasteiger partial charge in [-0.3, -0.25) is 0 Å². The van der Waals surface area contributed by atoms with Gasteiger partial charge in [-0.15, -0.1) is 0 Å². The molecule has 0 aliphatic heterocycles. The molecule has 2 rings (SSSR count). The number of aromatic nitrogens is 3. The van der Waals surface area contributed by atoms with Crippen LogP contribution >= 0.6 is 15.9 Å². The summed E-state index contributed by atoms with van der Waals surface area (Å²) in [6, 6.07) is 1.94. The molecule has 0 unspecified atom stereocenters. The monoisotopic (exact) mass is 264 g/mol. The molecule has 5 heteroatoms. The smallest absolute Gasteiger partial charge is 0.145 e. The quantitative estimate of drug-likeness (QED) is 0.906. The van der Waals surface area contributed by atoms with Crippen molar-refractivity contribution in [1.29, 1.82) is 0 Å². The zero-order chi connectivity index (χ0) is 10.7. The van der Waals surface area contributed by atoms with Gasteiger partial charge in [-0.2, -0.15) is 0 Å². The van der Waals surface area contributed by atoms with Crippen LogP contribution in [0, 0.1) is 6.92 Å². The molecule has 0 amide bonds. The topological polar surface area (TPSA) is 50.7 Å². The molecule has 2 aromatic rings. The molecule has 0 saturated heterocycles. The zero-order valence-electron chi connectivity index (χ0n) is 8.11. The van der Waals surface area contributed by atoms with Crippen LogP contribution in [0.4, 0.5) is 11.5 Å². The van der Waals surface area contributed by atoms with Crippen molar-refractivity contribution in [3.05, 3.63) is 41.0 Å². The Bertz CT molecular complexity index is 458. The molecule has 15 heavy (non-hydrogen) atoms. The fourth-order valence-corrected chi connectivity index (χ4v) is 1.46. The normalized spacial score (nSPS) is 10.0. The van der Waals surface area contributed by atoms with Crippen LogP contribution in [0.1, 0.15) is 5.56 Å². The van der Waals surface area contributed by atoms with Crippen LogP contribution < -0.4 is 5.32 Å². The van der Waals surface area contributed by atoms with Gasteiger partial charge in [-0.1, -0.05) is 0 Å². The summed E-state index contributed by atoms with van der Waals surface area (Å²) in [6.45, 7) is 2.01. The highest BCUT2D eigenvalue weighted by Gasteiger charge is 2.03.